The van der Waals surface area contributed by atoms with Crippen LogP contribution in [-0.2, 0) is 19.4 Å². The second-order valence-electron chi connectivity index (χ2n) is 5.80. The van der Waals surface area contributed by atoms with Gasteiger partial charge in [0.2, 0.25) is 0 Å². The normalized spacial score (nSPS) is 14.2. The number of pyridine rings is 1. The van der Waals surface area contributed by atoms with Gasteiger partial charge in [-0.3, -0.25) is 4.98 Å². The van der Waals surface area contributed by atoms with Crippen LogP contribution >= 0.6 is 0 Å². The molecule has 2 aromatic rings. The molecule has 1 aliphatic rings. The van der Waals surface area contributed by atoms with E-state index in [1.807, 2.05) is 13.1 Å². The first kappa shape index (κ1) is 14.1. The number of aromatic nitrogens is 1. The Morgan fingerprint density at radius 2 is 1.86 bits per heavy atom. The van der Waals surface area contributed by atoms with Crippen LogP contribution in [0.4, 0.5) is 0 Å². The van der Waals surface area contributed by atoms with Crippen LogP contribution in [0, 0.1) is 13.8 Å². The van der Waals surface area contributed by atoms with Gasteiger partial charge >= 0.3 is 0 Å². The first-order valence-corrected chi connectivity index (χ1v) is 7.48. The van der Waals surface area contributed by atoms with E-state index in [-0.39, 0.29) is 0 Å². The van der Waals surface area contributed by atoms with Crippen molar-refractivity contribution in [2.24, 2.45) is 0 Å². The van der Waals surface area contributed by atoms with Gasteiger partial charge in [0.15, 0.2) is 0 Å². The smallest absolute Gasteiger partial charge is 0.128 e. The Balaban J connectivity index is 1.67. The average Bonchev–Trinajstić information content (AvgIpc) is 2.90. The van der Waals surface area contributed by atoms with Gasteiger partial charge in [-0.1, -0.05) is 24.3 Å². The molecule has 21 heavy (non-hydrogen) atoms. The van der Waals surface area contributed by atoms with Crippen molar-refractivity contribution in [3.63, 3.8) is 0 Å². The van der Waals surface area contributed by atoms with Crippen LogP contribution in [-0.4, -0.2) is 18.1 Å². The van der Waals surface area contributed by atoms with Crippen molar-refractivity contribution in [3.05, 3.63) is 58.4 Å². The van der Waals surface area contributed by atoms with Gasteiger partial charge in [-0.15, -0.1) is 0 Å². The fourth-order valence-electron chi connectivity index (χ4n) is 3.19. The number of fused-ring (bicyclic) bond motifs is 1. The second-order valence-corrected chi connectivity index (χ2v) is 5.80. The Hall–Kier alpha value is -1.87. The summed E-state index contributed by atoms with van der Waals surface area (Å²) in [6, 6.07) is 9.22. The van der Waals surface area contributed by atoms with E-state index >= 15 is 0 Å². The first-order valence-electron chi connectivity index (χ1n) is 7.48. The molecule has 1 aliphatic carbocycles. The van der Waals surface area contributed by atoms with Crippen molar-refractivity contribution < 1.29 is 4.74 Å². The molecule has 1 aromatic heterocycles. The Morgan fingerprint density at radius 3 is 2.48 bits per heavy atom. The SMILES string of the molecule is COc1c(C)cnc(CNC2Cc3ccccc3C2)c1C. The maximum Gasteiger partial charge on any atom is 0.128 e. The van der Waals surface area contributed by atoms with Gasteiger partial charge in [-0.05, 0) is 37.8 Å². The van der Waals surface area contributed by atoms with E-state index in [9.17, 15) is 0 Å². The van der Waals surface area contributed by atoms with Gasteiger partial charge in [0.05, 0.1) is 12.8 Å². The highest BCUT2D eigenvalue weighted by Gasteiger charge is 2.20. The zero-order valence-electron chi connectivity index (χ0n) is 12.9. The number of hydrogen-bond donors (Lipinski definition) is 1. The molecule has 0 amide bonds. The van der Waals surface area contributed by atoms with E-state index in [0.717, 1.165) is 42.0 Å². The highest BCUT2D eigenvalue weighted by atomic mass is 16.5. The second kappa shape index (κ2) is 5.86. The minimum absolute atomic E-state index is 0.510. The summed E-state index contributed by atoms with van der Waals surface area (Å²) in [4.78, 5) is 4.55. The summed E-state index contributed by atoms with van der Waals surface area (Å²) in [5, 5.41) is 3.64. The van der Waals surface area contributed by atoms with Crippen molar-refractivity contribution >= 4 is 0 Å². The molecule has 3 heteroatoms. The average molecular weight is 282 g/mol. The molecule has 110 valence electrons. The third-order valence-electron chi connectivity index (χ3n) is 4.36. The number of methoxy groups -OCH3 is 1. The Kier molecular flexibility index (Phi) is 3.93. The van der Waals surface area contributed by atoms with Gasteiger partial charge in [0.25, 0.3) is 0 Å². The molecular formula is C18H22N2O. The number of aryl methyl sites for hydroxylation is 1. The third-order valence-corrected chi connectivity index (χ3v) is 4.36. The zero-order valence-corrected chi connectivity index (χ0v) is 12.9. The van der Waals surface area contributed by atoms with E-state index in [1.165, 1.54) is 11.1 Å². The molecule has 0 unspecified atom stereocenters. The van der Waals surface area contributed by atoms with Crippen LogP contribution in [0.1, 0.15) is 27.9 Å². The summed E-state index contributed by atoms with van der Waals surface area (Å²) in [5.74, 6) is 0.955. The number of rotatable bonds is 4. The van der Waals surface area contributed by atoms with Crippen LogP contribution in [0.3, 0.4) is 0 Å². The number of nitrogens with zero attached hydrogens (tertiary/aromatic N) is 1. The molecule has 3 nitrogen and oxygen atoms in total. The van der Waals surface area contributed by atoms with Crippen molar-refractivity contribution in [1.29, 1.82) is 0 Å². The topological polar surface area (TPSA) is 34.1 Å². The summed E-state index contributed by atoms with van der Waals surface area (Å²) in [6.07, 6.45) is 4.11. The van der Waals surface area contributed by atoms with Crippen LogP contribution in [0.2, 0.25) is 0 Å². The standard InChI is InChI=1S/C18H22N2O/c1-12-10-20-17(13(2)18(12)21-3)11-19-16-8-14-6-4-5-7-15(14)9-16/h4-7,10,16,19H,8-9,11H2,1-3H3. The summed E-state index contributed by atoms with van der Waals surface area (Å²) < 4.78 is 5.47. The van der Waals surface area contributed by atoms with Gasteiger partial charge in [-0.2, -0.15) is 0 Å². The lowest BCUT2D eigenvalue weighted by Gasteiger charge is -2.15. The lowest BCUT2D eigenvalue weighted by molar-refractivity contribution is 0.406. The molecule has 1 heterocycles. The molecule has 0 aliphatic heterocycles. The van der Waals surface area contributed by atoms with Crippen molar-refractivity contribution in [1.82, 2.24) is 10.3 Å². The minimum atomic E-state index is 0.510. The molecule has 0 saturated heterocycles. The fourth-order valence-corrected chi connectivity index (χ4v) is 3.19. The number of benzene rings is 1. The van der Waals surface area contributed by atoms with E-state index in [1.54, 1.807) is 7.11 Å². The Bertz CT molecular complexity index is 627. The molecule has 0 atom stereocenters. The van der Waals surface area contributed by atoms with Gasteiger partial charge in [0, 0.05) is 29.9 Å². The summed E-state index contributed by atoms with van der Waals surface area (Å²) in [5.41, 5.74) is 6.25. The molecule has 0 saturated carbocycles. The summed E-state index contributed by atoms with van der Waals surface area (Å²) in [6.45, 7) is 4.91. The lowest BCUT2D eigenvalue weighted by atomic mass is 10.1. The van der Waals surface area contributed by atoms with E-state index in [0.29, 0.717) is 6.04 Å². The van der Waals surface area contributed by atoms with Crippen LogP contribution in [0.5, 0.6) is 5.75 Å². The summed E-state index contributed by atoms with van der Waals surface area (Å²) >= 11 is 0. The number of nitrogens with one attached hydrogen (secondary N) is 1. The molecule has 1 aromatic carbocycles. The maximum atomic E-state index is 5.47. The van der Waals surface area contributed by atoms with Crippen LogP contribution < -0.4 is 10.1 Å². The Morgan fingerprint density at radius 1 is 1.19 bits per heavy atom. The Labute approximate surface area is 126 Å². The van der Waals surface area contributed by atoms with Gasteiger partial charge in [0.1, 0.15) is 5.75 Å². The van der Waals surface area contributed by atoms with E-state index in [2.05, 4.69) is 41.5 Å². The molecule has 0 fully saturated rings. The summed E-state index contributed by atoms with van der Waals surface area (Å²) in [7, 11) is 1.72. The lowest BCUT2D eigenvalue weighted by Crippen LogP contribution is -2.29. The van der Waals surface area contributed by atoms with Crippen LogP contribution in [0.25, 0.3) is 0 Å². The predicted molar refractivity (Wildman–Crippen MR) is 84.7 cm³/mol. The molecule has 0 spiro atoms. The number of hydrogen-bond acceptors (Lipinski definition) is 3. The maximum absolute atomic E-state index is 5.47. The minimum Gasteiger partial charge on any atom is -0.496 e. The molecule has 0 bridgehead atoms. The van der Waals surface area contributed by atoms with Crippen LogP contribution in [0.15, 0.2) is 30.5 Å². The van der Waals surface area contributed by atoms with E-state index in [4.69, 9.17) is 4.74 Å². The zero-order chi connectivity index (χ0) is 14.8. The van der Waals surface area contributed by atoms with Crippen molar-refractivity contribution in [2.45, 2.75) is 39.3 Å². The fraction of sp³-hybridized carbons (Fsp3) is 0.389. The molecule has 3 rings (SSSR count). The van der Waals surface area contributed by atoms with Gasteiger partial charge < -0.3 is 10.1 Å². The van der Waals surface area contributed by atoms with Crippen molar-refractivity contribution in [2.75, 3.05) is 7.11 Å². The highest BCUT2D eigenvalue weighted by Crippen LogP contribution is 2.25. The largest absolute Gasteiger partial charge is 0.496 e. The van der Waals surface area contributed by atoms with E-state index < -0.39 is 0 Å². The first-order chi connectivity index (χ1) is 10.2. The third kappa shape index (κ3) is 2.79. The predicted octanol–water partition coefficient (Wildman–Crippen LogP) is 2.96. The number of ether oxygens (including phenoxy) is 1. The highest BCUT2D eigenvalue weighted by molar-refractivity contribution is 5.41. The molecular weight excluding hydrogens is 260 g/mol. The molecule has 0 radical (unpaired) electrons. The van der Waals surface area contributed by atoms with Crippen molar-refractivity contribution in [3.8, 4) is 5.75 Å². The van der Waals surface area contributed by atoms with Gasteiger partial charge in [-0.25, -0.2) is 0 Å². The monoisotopic (exact) mass is 282 g/mol. The quantitative estimate of drug-likeness (QED) is 0.936. The molecule has 1 N–H and O–H groups in total.